The molecule has 0 atom stereocenters. The zero-order valence-electron chi connectivity index (χ0n) is 25.7. The molecule has 1 aliphatic carbocycles. The van der Waals surface area contributed by atoms with Crippen LogP contribution in [0.4, 0.5) is 0 Å². The van der Waals surface area contributed by atoms with Crippen LogP contribution in [-0.4, -0.2) is 9.55 Å². The maximum absolute atomic E-state index is 6.84. The monoisotopic (exact) mass is 560 g/mol. The Morgan fingerprint density at radius 3 is 2.09 bits per heavy atom. The summed E-state index contributed by atoms with van der Waals surface area (Å²) in [6, 6.07) is 35.2. The van der Waals surface area contributed by atoms with Crippen LogP contribution in [0, 0.1) is 0 Å². The van der Waals surface area contributed by atoms with Crippen LogP contribution < -0.4 is 0 Å². The Balaban J connectivity index is 1.45. The molecular weight excluding hydrogens is 524 g/mol. The van der Waals surface area contributed by atoms with E-state index in [1.807, 2.05) is 0 Å². The second kappa shape index (κ2) is 9.18. The average Bonchev–Trinajstić information content (AvgIpc) is 3.64. The van der Waals surface area contributed by atoms with Crippen molar-refractivity contribution in [1.29, 1.82) is 0 Å². The Hall–Kier alpha value is -4.63. The van der Waals surface area contributed by atoms with Crippen LogP contribution in [0.1, 0.15) is 75.6 Å². The smallest absolute Gasteiger partial charge is 0.149 e. The van der Waals surface area contributed by atoms with Crippen molar-refractivity contribution in [3.8, 4) is 28.2 Å². The third-order valence-corrected chi connectivity index (χ3v) is 9.57. The Morgan fingerprint density at radius 2 is 1.33 bits per heavy atom. The van der Waals surface area contributed by atoms with Gasteiger partial charge in [-0.25, -0.2) is 4.98 Å². The first kappa shape index (κ1) is 26.0. The van der Waals surface area contributed by atoms with E-state index in [0.717, 1.165) is 44.4 Å². The second-order valence-electron chi connectivity index (χ2n) is 13.2. The number of furan rings is 1. The first-order valence-electron chi connectivity index (χ1n) is 15.5. The van der Waals surface area contributed by atoms with Crippen LogP contribution >= 0.6 is 0 Å². The standard InChI is InChI=1S/C40H36N2O/c1-23(2)25-14-11-15-26(24(3)4)37(25)42-35-20-10-9-19-34(35)41-39(42)29-17-12-16-28-31-21-30-27-13-7-8-18-32(27)40(5,6)33(30)22-36(31)43-38(28)29/h7-24H,1-6H3. The summed E-state index contributed by atoms with van der Waals surface area (Å²) in [5.74, 6) is 1.63. The van der Waals surface area contributed by atoms with Gasteiger partial charge in [0.1, 0.15) is 17.0 Å². The lowest BCUT2D eigenvalue weighted by molar-refractivity contribution is 0.647. The van der Waals surface area contributed by atoms with Gasteiger partial charge >= 0.3 is 0 Å². The van der Waals surface area contributed by atoms with Crippen LogP contribution in [0.2, 0.25) is 0 Å². The van der Waals surface area contributed by atoms with Gasteiger partial charge in [-0.15, -0.1) is 0 Å². The van der Waals surface area contributed by atoms with Crippen molar-refractivity contribution in [3.05, 3.63) is 119 Å². The molecule has 0 spiro atoms. The van der Waals surface area contributed by atoms with Gasteiger partial charge in [-0.1, -0.05) is 108 Å². The molecule has 212 valence electrons. The summed E-state index contributed by atoms with van der Waals surface area (Å²) < 4.78 is 9.23. The molecule has 3 nitrogen and oxygen atoms in total. The molecule has 5 aromatic carbocycles. The quantitative estimate of drug-likeness (QED) is 0.214. The Morgan fingerprint density at radius 1 is 0.651 bits per heavy atom. The van der Waals surface area contributed by atoms with Crippen molar-refractivity contribution in [3.63, 3.8) is 0 Å². The highest BCUT2D eigenvalue weighted by Crippen LogP contribution is 2.51. The van der Waals surface area contributed by atoms with Crippen molar-refractivity contribution in [2.75, 3.05) is 0 Å². The molecule has 0 fully saturated rings. The average molecular weight is 561 g/mol. The van der Waals surface area contributed by atoms with E-state index in [1.165, 1.54) is 39.1 Å². The van der Waals surface area contributed by atoms with Gasteiger partial charge in [0.2, 0.25) is 0 Å². The number of hydrogen-bond acceptors (Lipinski definition) is 2. The lowest BCUT2D eigenvalue weighted by atomic mass is 9.82. The minimum Gasteiger partial charge on any atom is -0.455 e. The van der Waals surface area contributed by atoms with E-state index in [-0.39, 0.29) is 5.41 Å². The fourth-order valence-electron chi connectivity index (χ4n) is 7.37. The summed E-state index contributed by atoms with van der Waals surface area (Å²) in [6.07, 6.45) is 0. The molecule has 0 unspecified atom stereocenters. The van der Waals surface area contributed by atoms with Gasteiger partial charge in [0.05, 0.1) is 22.3 Å². The SMILES string of the molecule is CC(C)c1cccc(C(C)C)c1-n1c(-c2cccc3c2oc2cc4c(cc23)-c2ccccc2C4(C)C)nc2ccccc21. The fourth-order valence-corrected chi connectivity index (χ4v) is 7.37. The predicted molar refractivity (Wildman–Crippen MR) is 180 cm³/mol. The molecule has 8 rings (SSSR count). The topological polar surface area (TPSA) is 31.0 Å². The van der Waals surface area contributed by atoms with Crippen molar-refractivity contribution in [1.82, 2.24) is 9.55 Å². The molecular formula is C40H36N2O. The molecule has 3 heteroatoms. The van der Waals surface area contributed by atoms with E-state index in [4.69, 9.17) is 9.40 Å². The lowest BCUT2D eigenvalue weighted by Gasteiger charge is -2.22. The van der Waals surface area contributed by atoms with Crippen molar-refractivity contribution >= 4 is 33.0 Å². The predicted octanol–water partition coefficient (Wildman–Crippen LogP) is 11.1. The van der Waals surface area contributed by atoms with Gasteiger partial charge in [-0.2, -0.15) is 0 Å². The molecule has 0 amide bonds. The highest BCUT2D eigenvalue weighted by Gasteiger charge is 2.36. The van der Waals surface area contributed by atoms with Crippen LogP contribution in [0.25, 0.3) is 61.2 Å². The minimum absolute atomic E-state index is 0.0797. The van der Waals surface area contributed by atoms with Crippen molar-refractivity contribution in [2.45, 2.75) is 58.8 Å². The van der Waals surface area contributed by atoms with E-state index in [1.54, 1.807) is 0 Å². The van der Waals surface area contributed by atoms with E-state index in [0.29, 0.717) is 11.8 Å². The summed E-state index contributed by atoms with van der Waals surface area (Å²) in [4.78, 5) is 5.30. The molecule has 0 bridgehead atoms. The molecule has 7 aromatic rings. The van der Waals surface area contributed by atoms with Gasteiger partial charge < -0.3 is 4.42 Å². The van der Waals surface area contributed by atoms with E-state index in [2.05, 4.69) is 143 Å². The number of fused-ring (bicyclic) bond motifs is 7. The Labute approximate surface area is 252 Å². The van der Waals surface area contributed by atoms with E-state index in [9.17, 15) is 0 Å². The van der Waals surface area contributed by atoms with Gasteiger partial charge in [0, 0.05) is 16.2 Å². The van der Waals surface area contributed by atoms with Gasteiger partial charge in [-0.05, 0) is 75.5 Å². The molecule has 2 aromatic heterocycles. The largest absolute Gasteiger partial charge is 0.455 e. The van der Waals surface area contributed by atoms with Gasteiger partial charge in [0.15, 0.2) is 0 Å². The molecule has 0 N–H and O–H groups in total. The normalized spacial score (nSPS) is 14.0. The molecule has 0 radical (unpaired) electrons. The fraction of sp³-hybridized carbons (Fsp3) is 0.225. The minimum atomic E-state index is -0.0797. The summed E-state index contributed by atoms with van der Waals surface area (Å²) in [5.41, 5.74) is 14.0. The summed E-state index contributed by atoms with van der Waals surface area (Å²) in [6.45, 7) is 13.7. The van der Waals surface area contributed by atoms with E-state index >= 15 is 0 Å². The number of para-hydroxylation sites is 4. The Kier molecular flexibility index (Phi) is 5.56. The first-order valence-corrected chi connectivity index (χ1v) is 15.5. The molecule has 1 aliphatic rings. The van der Waals surface area contributed by atoms with Crippen LogP contribution in [0.3, 0.4) is 0 Å². The number of aromatic nitrogens is 2. The zero-order chi connectivity index (χ0) is 29.6. The Bertz CT molecular complexity index is 2200. The number of imidazole rings is 1. The van der Waals surface area contributed by atoms with Crippen LogP contribution in [0.5, 0.6) is 0 Å². The molecule has 0 saturated heterocycles. The highest BCUT2D eigenvalue weighted by atomic mass is 16.3. The third kappa shape index (κ3) is 3.64. The molecule has 43 heavy (non-hydrogen) atoms. The number of benzene rings is 5. The highest BCUT2D eigenvalue weighted by molar-refractivity contribution is 6.11. The molecule has 2 heterocycles. The number of hydrogen-bond donors (Lipinski definition) is 0. The van der Waals surface area contributed by atoms with E-state index < -0.39 is 0 Å². The zero-order valence-corrected chi connectivity index (χ0v) is 25.7. The maximum Gasteiger partial charge on any atom is 0.149 e. The lowest BCUT2D eigenvalue weighted by Crippen LogP contribution is -2.14. The summed E-state index contributed by atoms with van der Waals surface area (Å²) in [5, 5.41) is 2.27. The van der Waals surface area contributed by atoms with Crippen LogP contribution in [0.15, 0.2) is 101 Å². The summed E-state index contributed by atoms with van der Waals surface area (Å²) in [7, 11) is 0. The van der Waals surface area contributed by atoms with Crippen LogP contribution in [-0.2, 0) is 5.41 Å². The van der Waals surface area contributed by atoms with Gasteiger partial charge in [-0.3, -0.25) is 4.57 Å². The van der Waals surface area contributed by atoms with Gasteiger partial charge in [0.25, 0.3) is 0 Å². The van der Waals surface area contributed by atoms with Crippen molar-refractivity contribution < 1.29 is 4.42 Å². The second-order valence-corrected chi connectivity index (χ2v) is 13.2. The molecule has 0 saturated carbocycles. The molecule has 0 aliphatic heterocycles. The maximum atomic E-state index is 6.84. The first-order chi connectivity index (χ1) is 20.8. The summed E-state index contributed by atoms with van der Waals surface area (Å²) >= 11 is 0. The number of nitrogens with zero attached hydrogens (tertiary/aromatic N) is 2. The van der Waals surface area contributed by atoms with Crippen molar-refractivity contribution in [2.24, 2.45) is 0 Å². The number of rotatable bonds is 4. The third-order valence-electron chi connectivity index (χ3n) is 9.57.